The summed E-state index contributed by atoms with van der Waals surface area (Å²) in [6.45, 7) is 7.12. The van der Waals surface area contributed by atoms with Crippen LogP contribution in [0, 0.1) is 0 Å². The predicted octanol–water partition coefficient (Wildman–Crippen LogP) is 4.85. The fourth-order valence-corrected chi connectivity index (χ4v) is 4.94. The molecule has 1 aliphatic rings. The van der Waals surface area contributed by atoms with E-state index in [1.807, 2.05) is 34.7 Å². The van der Waals surface area contributed by atoms with E-state index < -0.39 is 17.4 Å². The minimum Gasteiger partial charge on any atom is -0.435 e. The van der Waals surface area contributed by atoms with Gasteiger partial charge in [-0.2, -0.15) is 13.9 Å². The lowest BCUT2D eigenvalue weighted by Gasteiger charge is -2.36. The molecule has 1 aromatic carbocycles. The molecule has 0 aliphatic carbocycles. The molecule has 1 saturated heterocycles. The molecule has 0 atom stereocenters. The van der Waals surface area contributed by atoms with Gasteiger partial charge in [-0.15, -0.1) is 0 Å². The number of aldehydes is 1. The third-order valence-corrected chi connectivity index (χ3v) is 7.01. The van der Waals surface area contributed by atoms with Crippen molar-refractivity contribution in [2.45, 2.75) is 52.8 Å². The zero-order valence-electron chi connectivity index (χ0n) is 20.3. The van der Waals surface area contributed by atoms with Crippen LogP contribution in [-0.4, -0.2) is 56.0 Å². The number of carbonyl (C=O) groups is 1. The fourth-order valence-electron chi connectivity index (χ4n) is 3.32. The number of ether oxygens (including phenoxy) is 1. The van der Waals surface area contributed by atoms with Gasteiger partial charge in [-0.25, -0.2) is 0 Å². The highest BCUT2D eigenvalue weighted by atomic mass is 32.2. The summed E-state index contributed by atoms with van der Waals surface area (Å²) in [4.78, 5) is 15.3. The van der Waals surface area contributed by atoms with Gasteiger partial charge in [-0.3, -0.25) is 18.7 Å². The number of nitrogens with zero attached hydrogens (tertiary/aromatic N) is 3. The van der Waals surface area contributed by atoms with Crippen LogP contribution in [0.25, 0.3) is 22.3 Å². The van der Waals surface area contributed by atoms with Crippen molar-refractivity contribution in [1.82, 2.24) is 20.1 Å². The molecule has 2 aromatic heterocycles. The molecule has 0 unspecified atom stereocenters. The van der Waals surface area contributed by atoms with Crippen molar-refractivity contribution in [2.24, 2.45) is 0 Å². The molecule has 0 bridgehead atoms. The smallest absolute Gasteiger partial charge is 0.387 e. The molecule has 1 fully saturated rings. The summed E-state index contributed by atoms with van der Waals surface area (Å²) in [5, 5.41) is 7.67. The van der Waals surface area contributed by atoms with Crippen molar-refractivity contribution < 1.29 is 22.5 Å². The number of alkyl halides is 2. The largest absolute Gasteiger partial charge is 0.435 e. The first-order chi connectivity index (χ1) is 16.2. The average molecular weight is 495 g/mol. The zero-order valence-corrected chi connectivity index (χ0v) is 21.2. The average Bonchev–Trinajstić information content (AvgIpc) is 3.19. The number of benzene rings is 1. The van der Waals surface area contributed by atoms with Gasteiger partial charge in [-0.05, 0) is 46.0 Å². The van der Waals surface area contributed by atoms with Crippen LogP contribution in [0.3, 0.4) is 0 Å². The molecule has 3 aromatic rings. The summed E-state index contributed by atoms with van der Waals surface area (Å²) >= 11 is 0. The number of fused-ring (bicyclic) bond motifs is 1. The predicted molar refractivity (Wildman–Crippen MR) is 132 cm³/mol. The van der Waals surface area contributed by atoms with Crippen LogP contribution in [0.1, 0.15) is 51.0 Å². The molecule has 1 aliphatic heterocycles. The molecule has 10 heteroatoms. The number of carbonyl (C=O) groups excluding carboxylic acids is 1. The summed E-state index contributed by atoms with van der Waals surface area (Å²) in [5.74, 6) is 1.70. The molecular weight excluding hydrogens is 462 g/mol. The molecule has 186 valence electrons. The van der Waals surface area contributed by atoms with Crippen LogP contribution in [0.4, 0.5) is 8.78 Å². The van der Waals surface area contributed by atoms with Gasteiger partial charge < -0.3 is 10.1 Å². The van der Waals surface area contributed by atoms with Gasteiger partial charge in [-0.1, -0.05) is 26.0 Å². The van der Waals surface area contributed by atoms with Crippen LogP contribution in [-0.2, 0) is 10.8 Å². The lowest BCUT2D eigenvalue weighted by atomic mass is 10.1. The fraction of sp³-hybridized carbons (Fsp3) is 0.458. The first kappa shape index (κ1) is 27.5. The van der Waals surface area contributed by atoms with E-state index in [0.717, 1.165) is 17.8 Å². The highest BCUT2D eigenvalue weighted by Gasteiger charge is 2.36. The topological polar surface area (TPSA) is 86.1 Å². The molecular formula is C24H32F2N4O3S. The van der Waals surface area contributed by atoms with Crippen molar-refractivity contribution in [3.05, 3.63) is 42.1 Å². The lowest BCUT2D eigenvalue weighted by Crippen LogP contribution is -2.58. The number of hydrogen-bond donors (Lipinski definition) is 1. The normalized spacial score (nSPS) is 19.1. The Bertz CT molecular complexity index is 1130. The molecule has 0 saturated carbocycles. The van der Waals surface area contributed by atoms with Crippen LogP contribution in [0.15, 0.2) is 36.5 Å². The van der Waals surface area contributed by atoms with Crippen LogP contribution in [0.5, 0.6) is 5.75 Å². The first-order valence-electron chi connectivity index (χ1n) is 11.1. The molecule has 3 heterocycles. The highest BCUT2D eigenvalue weighted by molar-refractivity contribution is 7.86. The maximum absolute atomic E-state index is 12.4. The number of halogens is 2. The van der Waals surface area contributed by atoms with E-state index in [0.29, 0.717) is 27.9 Å². The first-order valence-corrected chi connectivity index (χ1v) is 12.6. The zero-order chi connectivity index (χ0) is 25.5. The Morgan fingerprint density at radius 3 is 2.41 bits per heavy atom. The van der Waals surface area contributed by atoms with Crippen molar-refractivity contribution >= 4 is 28.1 Å². The maximum atomic E-state index is 12.4. The van der Waals surface area contributed by atoms with Gasteiger partial charge in [0, 0.05) is 51.2 Å². The monoisotopic (exact) mass is 494 g/mol. The van der Waals surface area contributed by atoms with Gasteiger partial charge in [0.05, 0.1) is 5.52 Å². The summed E-state index contributed by atoms with van der Waals surface area (Å²) < 4.78 is 41.6. The molecule has 7 nitrogen and oxygen atoms in total. The third-order valence-electron chi connectivity index (χ3n) is 5.09. The molecule has 0 radical (unpaired) electrons. The number of aromatic nitrogens is 3. The Balaban J connectivity index is 0.000000343. The molecule has 4 rings (SSSR count). The number of nitrogens with one attached hydrogen (secondary N) is 1. The second-order valence-corrected chi connectivity index (χ2v) is 9.54. The van der Waals surface area contributed by atoms with E-state index in [1.54, 1.807) is 22.9 Å². The van der Waals surface area contributed by atoms with Crippen LogP contribution < -0.4 is 10.1 Å². The standard InChI is InChI=1S/C17H15F2N3O2.C5H11NOS.C2H6/c1-10(2)22-14-6-11(9-23)8-20-16(14)15(21-22)12-4-3-5-13(7-12)24-17(18)19;1-5(6-2)3-8(7)4-5;1-2/h3-10,17H,1-2H3;6H,3-4H2,1-2H3;1-2H3. The minimum atomic E-state index is -2.89. The Kier molecular flexibility index (Phi) is 9.81. The number of hydrogen-bond acceptors (Lipinski definition) is 6. The van der Waals surface area contributed by atoms with Gasteiger partial charge in [0.2, 0.25) is 0 Å². The Hall–Kier alpha value is -2.72. The van der Waals surface area contributed by atoms with E-state index in [1.165, 1.54) is 18.3 Å². The van der Waals surface area contributed by atoms with E-state index in [2.05, 4.69) is 27.1 Å². The van der Waals surface area contributed by atoms with E-state index in [4.69, 9.17) is 0 Å². The third kappa shape index (κ3) is 6.66. The minimum absolute atomic E-state index is 0.0467. The summed E-state index contributed by atoms with van der Waals surface area (Å²) in [7, 11) is 1.39. The van der Waals surface area contributed by atoms with E-state index in [-0.39, 0.29) is 17.3 Å². The molecule has 34 heavy (non-hydrogen) atoms. The Morgan fingerprint density at radius 1 is 1.24 bits per heavy atom. The second kappa shape index (κ2) is 12.1. The Morgan fingerprint density at radius 2 is 1.91 bits per heavy atom. The van der Waals surface area contributed by atoms with Crippen molar-refractivity contribution in [1.29, 1.82) is 0 Å². The summed E-state index contributed by atoms with van der Waals surface area (Å²) in [6, 6.07) is 8.08. The summed E-state index contributed by atoms with van der Waals surface area (Å²) in [6.07, 6.45) is 2.19. The maximum Gasteiger partial charge on any atom is 0.387 e. The molecule has 0 spiro atoms. The SMILES string of the molecule is CC.CC(C)n1nc(-c2cccc(OC(F)F)c2)c2ncc(C=O)cc21.CNC1(C)CS(=O)C1. The second-order valence-electron chi connectivity index (χ2n) is 8.09. The molecule has 1 N–H and O–H groups in total. The van der Waals surface area contributed by atoms with Gasteiger partial charge >= 0.3 is 6.61 Å². The highest BCUT2D eigenvalue weighted by Crippen LogP contribution is 2.31. The quantitative estimate of drug-likeness (QED) is 0.493. The Labute approximate surface area is 201 Å². The number of pyridine rings is 1. The van der Waals surface area contributed by atoms with Crippen molar-refractivity contribution in [3.8, 4) is 17.0 Å². The van der Waals surface area contributed by atoms with Gasteiger partial charge in [0.1, 0.15) is 17.0 Å². The summed E-state index contributed by atoms with van der Waals surface area (Å²) in [5.41, 5.74) is 3.11. The van der Waals surface area contributed by atoms with Crippen LogP contribution >= 0.6 is 0 Å². The van der Waals surface area contributed by atoms with Crippen molar-refractivity contribution in [3.63, 3.8) is 0 Å². The van der Waals surface area contributed by atoms with Crippen molar-refractivity contribution in [2.75, 3.05) is 18.6 Å². The van der Waals surface area contributed by atoms with E-state index in [9.17, 15) is 17.8 Å². The lowest BCUT2D eigenvalue weighted by molar-refractivity contribution is -0.0498. The van der Waals surface area contributed by atoms with E-state index >= 15 is 0 Å². The van der Waals surface area contributed by atoms with Gasteiger partial charge in [0.25, 0.3) is 0 Å². The van der Waals surface area contributed by atoms with Gasteiger partial charge in [0.15, 0.2) is 6.29 Å². The molecule has 0 amide bonds. The van der Waals surface area contributed by atoms with Crippen LogP contribution in [0.2, 0.25) is 0 Å². The number of rotatable bonds is 6.